The van der Waals surface area contributed by atoms with Gasteiger partial charge in [-0.15, -0.1) is 11.6 Å². The second-order valence-electron chi connectivity index (χ2n) is 5.40. The SMILES string of the molecule is CCCCCCC(Cl)c1cc2c(cc1F)NC(=O)CC2. The van der Waals surface area contributed by atoms with E-state index < -0.39 is 0 Å². The smallest absolute Gasteiger partial charge is 0.224 e. The van der Waals surface area contributed by atoms with Gasteiger partial charge >= 0.3 is 0 Å². The van der Waals surface area contributed by atoms with Crippen molar-refractivity contribution in [1.29, 1.82) is 0 Å². The van der Waals surface area contributed by atoms with Crippen LogP contribution in [0.2, 0.25) is 0 Å². The van der Waals surface area contributed by atoms with Crippen LogP contribution in [-0.4, -0.2) is 5.91 Å². The number of carbonyl (C=O) groups excluding carboxylic acids is 1. The minimum atomic E-state index is -0.318. The van der Waals surface area contributed by atoms with Gasteiger partial charge in [0.2, 0.25) is 5.91 Å². The van der Waals surface area contributed by atoms with Crippen LogP contribution < -0.4 is 5.32 Å². The third-order valence-electron chi connectivity index (χ3n) is 3.77. The Morgan fingerprint density at radius 1 is 1.30 bits per heavy atom. The zero-order valence-corrected chi connectivity index (χ0v) is 12.6. The average Bonchev–Trinajstić information content (AvgIpc) is 2.42. The Morgan fingerprint density at radius 3 is 2.85 bits per heavy atom. The second-order valence-corrected chi connectivity index (χ2v) is 5.92. The zero-order valence-electron chi connectivity index (χ0n) is 11.8. The van der Waals surface area contributed by atoms with Gasteiger partial charge in [0.25, 0.3) is 0 Å². The van der Waals surface area contributed by atoms with Crippen molar-refractivity contribution in [2.24, 2.45) is 0 Å². The van der Waals surface area contributed by atoms with Gasteiger partial charge in [-0.05, 0) is 30.5 Å². The number of halogens is 2. The molecule has 4 heteroatoms. The Labute approximate surface area is 124 Å². The first-order chi connectivity index (χ1) is 9.61. The van der Waals surface area contributed by atoms with E-state index in [-0.39, 0.29) is 17.1 Å². The summed E-state index contributed by atoms with van der Waals surface area (Å²) in [6.45, 7) is 2.16. The van der Waals surface area contributed by atoms with E-state index in [9.17, 15) is 9.18 Å². The number of unbranched alkanes of at least 4 members (excludes halogenated alkanes) is 3. The highest BCUT2D eigenvalue weighted by atomic mass is 35.5. The number of carbonyl (C=O) groups is 1. The lowest BCUT2D eigenvalue weighted by atomic mass is 9.97. The van der Waals surface area contributed by atoms with E-state index in [2.05, 4.69) is 12.2 Å². The van der Waals surface area contributed by atoms with E-state index in [1.54, 1.807) is 0 Å². The van der Waals surface area contributed by atoms with Crippen LogP contribution in [0.1, 0.15) is 62.0 Å². The molecule has 0 spiro atoms. The van der Waals surface area contributed by atoms with Crippen LogP contribution in [0.15, 0.2) is 12.1 Å². The molecule has 0 fully saturated rings. The Hall–Kier alpha value is -1.09. The van der Waals surface area contributed by atoms with Crippen LogP contribution >= 0.6 is 11.6 Å². The molecule has 2 rings (SSSR count). The molecule has 1 heterocycles. The Balaban J connectivity index is 2.06. The first-order valence-electron chi connectivity index (χ1n) is 7.38. The predicted molar refractivity (Wildman–Crippen MR) is 80.7 cm³/mol. The molecule has 0 saturated carbocycles. The fraction of sp³-hybridized carbons (Fsp3) is 0.562. The maximum absolute atomic E-state index is 14.1. The lowest BCUT2D eigenvalue weighted by Crippen LogP contribution is -2.19. The van der Waals surface area contributed by atoms with Gasteiger partial charge in [-0.2, -0.15) is 0 Å². The van der Waals surface area contributed by atoms with E-state index in [1.807, 2.05) is 6.07 Å². The van der Waals surface area contributed by atoms with Gasteiger partial charge in [-0.25, -0.2) is 4.39 Å². The molecule has 0 aliphatic carbocycles. The minimum absolute atomic E-state index is 0.0494. The van der Waals surface area contributed by atoms with Crippen molar-refractivity contribution in [3.05, 3.63) is 29.1 Å². The molecule has 1 N–H and O–H groups in total. The summed E-state index contributed by atoms with van der Waals surface area (Å²) in [6, 6.07) is 3.23. The maximum atomic E-state index is 14.1. The third-order valence-corrected chi connectivity index (χ3v) is 4.22. The van der Waals surface area contributed by atoms with Gasteiger partial charge in [0, 0.05) is 17.7 Å². The quantitative estimate of drug-likeness (QED) is 0.583. The van der Waals surface area contributed by atoms with Crippen molar-refractivity contribution in [2.75, 3.05) is 5.32 Å². The summed E-state index contributed by atoms with van der Waals surface area (Å²) in [4.78, 5) is 11.3. The normalized spacial score (nSPS) is 15.7. The molecule has 1 atom stereocenters. The lowest BCUT2D eigenvalue weighted by Gasteiger charge is -2.20. The fourth-order valence-electron chi connectivity index (χ4n) is 2.57. The Morgan fingerprint density at radius 2 is 2.10 bits per heavy atom. The summed E-state index contributed by atoms with van der Waals surface area (Å²) < 4.78 is 14.1. The van der Waals surface area contributed by atoms with Crippen LogP contribution in [0.4, 0.5) is 10.1 Å². The van der Waals surface area contributed by atoms with E-state index in [0.717, 1.165) is 24.8 Å². The molecule has 0 aromatic heterocycles. The number of alkyl halides is 1. The predicted octanol–water partition coefficient (Wildman–Crippen LogP) is 4.96. The van der Waals surface area contributed by atoms with Crippen LogP contribution in [0.5, 0.6) is 0 Å². The van der Waals surface area contributed by atoms with Crippen molar-refractivity contribution >= 4 is 23.2 Å². The summed E-state index contributed by atoms with van der Waals surface area (Å²) in [5.41, 5.74) is 2.15. The van der Waals surface area contributed by atoms with Crippen molar-refractivity contribution in [3.8, 4) is 0 Å². The highest BCUT2D eigenvalue weighted by Gasteiger charge is 2.20. The van der Waals surface area contributed by atoms with E-state index in [1.165, 1.54) is 18.9 Å². The number of fused-ring (bicyclic) bond motifs is 1. The summed E-state index contributed by atoms with van der Waals surface area (Å²) in [5, 5.41) is 2.42. The summed E-state index contributed by atoms with van der Waals surface area (Å²) in [7, 11) is 0. The van der Waals surface area contributed by atoms with E-state index in [0.29, 0.717) is 24.1 Å². The van der Waals surface area contributed by atoms with Crippen LogP contribution in [0.3, 0.4) is 0 Å². The van der Waals surface area contributed by atoms with Crippen LogP contribution in [0, 0.1) is 5.82 Å². The molecule has 1 aliphatic heterocycles. The number of anilines is 1. The molecule has 0 bridgehead atoms. The van der Waals surface area contributed by atoms with E-state index >= 15 is 0 Å². The van der Waals surface area contributed by atoms with Gasteiger partial charge < -0.3 is 5.32 Å². The first-order valence-corrected chi connectivity index (χ1v) is 7.81. The average molecular weight is 298 g/mol. The number of rotatable bonds is 6. The Bertz CT molecular complexity index is 490. The highest BCUT2D eigenvalue weighted by molar-refractivity contribution is 6.20. The zero-order chi connectivity index (χ0) is 14.5. The van der Waals surface area contributed by atoms with Crippen LogP contribution in [0.25, 0.3) is 0 Å². The molecule has 20 heavy (non-hydrogen) atoms. The fourth-order valence-corrected chi connectivity index (χ4v) is 2.89. The maximum Gasteiger partial charge on any atom is 0.224 e. The molecular formula is C16H21ClFNO. The third kappa shape index (κ3) is 3.72. The summed E-state index contributed by atoms with van der Waals surface area (Å²) in [6.07, 6.45) is 6.46. The summed E-state index contributed by atoms with van der Waals surface area (Å²) >= 11 is 6.33. The van der Waals surface area contributed by atoms with Gasteiger partial charge in [0.1, 0.15) is 5.82 Å². The number of aryl methyl sites for hydroxylation is 1. The largest absolute Gasteiger partial charge is 0.326 e. The lowest BCUT2D eigenvalue weighted by molar-refractivity contribution is -0.116. The van der Waals surface area contributed by atoms with Crippen molar-refractivity contribution in [2.45, 2.75) is 57.2 Å². The van der Waals surface area contributed by atoms with E-state index in [4.69, 9.17) is 11.6 Å². The standard InChI is InChI=1S/C16H21ClFNO/c1-2-3-4-5-6-13(17)12-9-11-7-8-16(20)19-15(11)10-14(12)18/h9-10,13H,2-8H2,1H3,(H,19,20). The Kier molecular flexibility index (Phi) is 5.41. The summed E-state index contributed by atoms with van der Waals surface area (Å²) in [5.74, 6) is -0.368. The topological polar surface area (TPSA) is 29.1 Å². The molecule has 1 amide bonds. The molecule has 1 unspecified atom stereocenters. The minimum Gasteiger partial charge on any atom is -0.326 e. The molecule has 1 aromatic rings. The van der Waals surface area contributed by atoms with Crippen molar-refractivity contribution in [3.63, 3.8) is 0 Å². The number of benzene rings is 1. The van der Waals surface area contributed by atoms with Gasteiger partial charge in [-0.3, -0.25) is 4.79 Å². The van der Waals surface area contributed by atoms with Gasteiger partial charge in [0.15, 0.2) is 0 Å². The van der Waals surface area contributed by atoms with Crippen LogP contribution in [-0.2, 0) is 11.2 Å². The first kappa shape index (κ1) is 15.3. The molecule has 0 radical (unpaired) electrons. The molecule has 0 saturated heterocycles. The number of hydrogen-bond acceptors (Lipinski definition) is 1. The van der Waals surface area contributed by atoms with Crippen molar-refractivity contribution < 1.29 is 9.18 Å². The molecule has 1 aromatic carbocycles. The van der Waals surface area contributed by atoms with Gasteiger partial charge in [-0.1, -0.05) is 32.6 Å². The number of nitrogens with one attached hydrogen (secondary N) is 1. The monoisotopic (exact) mass is 297 g/mol. The molecule has 110 valence electrons. The van der Waals surface area contributed by atoms with Gasteiger partial charge in [0.05, 0.1) is 5.38 Å². The van der Waals surface area contributed by atoms with Crippen molar-refractivity contribution in [1.82, 2.24) is 0 Å². The second kappa shape index (κ2) is 7.07. The number of amides is 1. The molecule has 1 aliphatic rings. The number of hydrogen-bond donors (Lipinski definition) is 1. The highest BCUT2D eigenvalue weighted by Crippen LogP contribution is 2.33. The molecule has 2 nitrogen and oxygen atoms in total. The molecular weight excluding hydrogens is 277 g/mol.